The number of hydrogen-bond donors (Lipinski definition) is 1. The first-order valence-electron chi connectivity index (χ1n) is 7.64. The van der Waals surface area contributed by atoms with E-state index in [1.165, 1.54) is 35.6 Å². The molecule has 2 aromatic carbocycles. The third-order valence-corrected chi connectivity index (χ3v) is 5.31. The minimum atomic E-state index is -0.676. The van der Waals surface area contributed by atoms with Gasteiger partial charge in [0.25, 0.3) is 0 Å². The summed E-state index contributed by atoms with van der Waals surface area (Å²) in [7, 11) is 0. The maximum Gasteiger partial charge on any atom is 0.225 e. The van der Waals surface area contributed by atoms with E-state index in [-0.39, 0.29) is 18.1 Å². The van der Waals surface area contributed by atoms with Gasteiger partial charge in [-0.1, -0.05) is 12.1 Å². The van der Waals surface area contributed by atoms with Crippen LogP contribution in [0.3, 0.4) is 0 Å². The molecule has 0 spiro atoms. The zero-order valence-electron chi connectivity index (χ0n) is 12.9. The average Bonchev–Trinajstić information content (AvgIpc) is 2.96. The molecule has 0 aliphatic carbocycles. The molecule has 0 radical (unpaired) electrons. The fraction of sp³-hybridized carbons (Fsp3) is 0.105. The molecule has 3 aromatic rings. The van der Waals surface area contributed by atoms with E-state index in [2.05, 4.69) is 5.32 Å². The van der Waals surface area contributed by atoms with Crippen LogP contribution >= 0.6 is 11.3 Å². The van der Waals surface area contributed by atoms with Crippen molar-refractivity contribution in [1.29, 1.82) is 0 Å². The molecule has 1 atom stereocenters. The van der Waals surface area contributed by atoms with Crippen LogP contribution in [0, 0.1) is 17.5 Å². The van der Waals surface area contributed by atoms with Crippen LogP contribution in [0.5, 0.6) is 0 Å². The molecule has 0 fully saturated rings. The first-order valence-corrected chi connectivity index (χ1v) is 8.52. The predicted octanol–water partition coefficient (Wildman–Crippen LogP) is 5.31. The third-order valence-electron chi connectivity index (χ3n) is 4.21. The Hall–Kier alpha value is -2.60. The van der Waals surface area contributed by atoms with Crippen molar-refractivity contribution >= 4 is 22.9 Å². The Balaban J connectivity index is 1.84. The van der Waals surface area contributed by atoms with Crippen LogP contribution in [-0.2, 0) is 4.79 Å². The molecule has 0 saturated heterocycles. The van der Waals surface area contributed by atoms with Gasteiger partial charge in [0.1, 0.15) is 17.5 Å². The number of nitrogens with one attached hydrogen (secondary N) is 1. The molecular formula is C19H12F3NOS. The Morgan fingerprint density at radius 1 is 1.00 bits per heavy atom. The van der Waals surface area contributed by atoms with Crippen LogP contribution in [-0.4, -0.2) is 5.91 Å². The van der Waals surface area contributed by atoms with Gasteiger partial charge in [-0.15, -0.1) is 11.3 Å². The molecule has 2 heterocycles. The summed E-state index contributed by atoms with van der Waals surface area (Å²) < 4.78 is 40.7. The third kappa shape index (κ3) is 2.93. The van der Waals surface area contributed by atoms with Crippen molar-refractivity contribution in [3.05, 3.63) is 75.7 Å². The van der Waals surface area contributed by atoms with Crippen molar-refractivity contribution in [3.63, 3.8) is 0 Å². The van der Waals surface area contributed by atoms with Crippen LogP contribution in [0.25, 0.3) is 11.1 Å². The summed E-state index contributed by atoms with van der Waals surface area (Å²) in [6.45, 7) is 0. The van der Waals surface area contributed by atoms with E-state index in [1.807, 2.05) is 5.38 Å². The van der Waals surface area contributed by atoms with Crippen LogP contribution in [0.4, 0.5) is 18.9 Å². The number of carbonyl (C=O) groups excluding carboxylic acids is 1. The van der Waals surface area contributed by atoms with Gasteiger partial charge in [0, 0.05) is 34.2 Å². The highest BCUT2D eigenvalue weighted by atomic mass is 32.1. The summed E-state index contributed by atoms with van der Waals surface area (Å²) in [4.78, 5) is 13.0. The lowest BCUT2D eigenvalue weighted by atomic mass is 9.89. The van der Waals surface area contributed by atoms with Crippen molar-refractivity contribution in [3.8, 4) is 11.1 Å². The highest BCUT2D eigenvalue weighted by Gasteiger charge is 2.31. The number of hydrogen-bond acceptors (Lipinski definition) is 2. The Bertz CT molecular complexity index is 962. The zero-order chi connectivity index (χ0) is 17.6. The van der Waals surface area contributed by atoms with Crippen LogP contribution < -0.4 is 5.32 Å². The van der Waals surface area contributed by atoms with Crippen molar-refractivity contribution in [1.82, 2.24) is 0 Å². The lowest BCUT2D eigenvalue weighted by molar-refractivity contribution is -0.116. The van der Waals surface area contributed by atoms with E-state index in [0.717, 1.165) is 10.9 Å². The fourth-order valence-corrected chi connectivity index (χ4v) is 4.30. The van der Waals surface area contributed by atoms with E-state index >= 15 is 0 Å². The lowest BCUT2D eigenvalue weighted by Crippen LogP contribution is -2.22. The second-order valence-electron chi connectivity index (χ2n) is 5.91. The molecule has 1 unspecified atom stereocenters. The molecule has 126 valence electrons. The highest BCUT2D eigenvalue weighted by molar-refractivity contribution is 7.11. The Labute approximate surface area is 145 Å². The van der Waals surface area contributed by atoms with Gasteiger partial charge < -0.3 is 5.32 Å². The molecule has 1 N–H and O–H groups in total. The molecule has 0 bridgehead atoms. The Morgan fingerprint density at radius 2 is 1.76 bits per heavy atom. The first-order chi connectivity index (χ1) is 12.0. The Morgan fingerprint density at radius 3 is 2.48 bits per heavy atom. The molecule has 1 amide bonds. The SMILES string of the molecule is O=C1CC(c2cc(F)cc(F)c2)c2scc(-c3cccc(F)c3)c2N1. The number of carbonyl (C=O) groups is 1. The Kier molecular flexibility index (Phi) is 3.84. The normalized spacial score (nSPS) is 16.4. The monoisotopic (exact) mass is 359 g/mol. The second kappa shape index (κ2) is 6.04. The molecule has 1 aliphatic rings. The molecule has 4 rings (SSSR count). The van der Waals surface area contributed by atoms with Crippen LogP contribution in [0.1, 0.15) is 22.8 Å². The quantitative estimate of drug-likeness (QED) is 0.660. The van der Waals surface area contributed by atoms with E-state index in [9.17, 15) is 18.0 Å². The summed E-state index contributed by atoms with van der Waals surface area (Å²) in [5.74, 6) is -2.39. The van der Waals surface area contributed by atoms with Gasteiger partial charge in [-0.25, -0.2) is 13.2 Å². The number of halogens is 3. The van der Waals surface area contributed by atoms with E-state index in [4.69, 9.17) is 0 Å². The lowest BCUT2D eigenvalue weighted by Gasteiger charge is -2.24. The second-order valence-corrected chi connectivity index (χ2v) is 6.82. The van der Waals surface area contributed by atoms with Gasteiger partial charge in [0.05, 0.1) is 5.69 Å². The maximum absolute atomic E-state index is 13.6. The summed E-state index contributed by atoms with van der Waals surface area (Å²) in [5, 5.41) is 4.64. The molecule has 25 heavy (non-hydrogen) atoms. The van der Waals surface area contributed by atoms with Crippen molar-refractivity contribution < 1.29 is 18.0 Å². The van der Waals surface area contributed by atoms with E-state index in [0.29, 0.717) is 22.4 Å². The molecular weight excluding hydrogens is 347 g/mol. The van der Waals surface area contributed by atoms with Gasteiger partial charge in [0.2, 0.25) is 5.91 Å². The number of rotatable bonds is 2. The molecule has 1 aromatic heterocycles. The van der Waals surface area contributed by atoms with E-state index in [1.54, 1.807) is 12.1 Å². The van der Waals surface area contributed by atoms with E-state index < -0.39 is 17.6 Å². The summed E-state index contributed by atoms with van der Waals surface area (Å²) in [5.41, 5.74) is 2.35. The number of benzene rings is 2. The van der Waals surface area contributed by atoms with Gasteiger partial charge in [0.15, 0.2) is 0 Å². The van der Waals surface area contributed by atoms with Crippen molar-refractivity contribution in [2.75, 3.05) is 5.32 Å². The molecule has 0 saturated carbocycles. The first kappa shape index (κ1) is 15.9. The zero-order valence-corrected chi connectivity index (χ0v) is 13.7. The predicted molar refractivity (Wildman–Crippen MR) is 91.2 cm³/mol. The largest absolute Gasteiger partial charge is 0.325 e. The van der Waals surface area contributed by atoms with Crippen molar-refractivity contribution in [2.24, 2.45) is 0 Å². The minimum Gasteiger partial charge on any atom is -0.325 e. The number of fused-ring (bicyclic) bond motifs is 1. The topological polar surface area (TPSA) is 29.1 Å². The highest BCUT2D eigenvalue weighted by Crippen LogP contribution is 2.46. The minimum absolute atomic E-state index is 0.110. The summed E-state index contributed by atoms with van der Waals surface area (Å²) in [6.07, 6.45) is 0.110. The summed E-state index contributed by atoms with van der Waals surface area (Å²) >= 11 is 1.39. The summed E-state index contributed by atoms with van der Waals surface area (Å²) in [6, 6.07) is 9.39. The average molecular weight is 359 g/mol. The van der Waals surface area contributed by atoms with Crippen molar-refractivity contribution in [2.45, 2.75) is 12.3 Å². The van der Waals surface area contributed by atoms with Gasteiger partial charge in [-0.05, 0) is 35.4 Å². The molecule has 2 nitrogen and oxygen atoms in total. The van der Waals surface area contributed by atoms with Gasteiger partial charge >= 0.3 is 0 Å². The van der Waals surface area contributed by atoms with Gasteiger partial charge in [-0.2, -0.15) is 0 Å². The van der Waals surface area contributed by atoms with Crippen LogP contribution in [0.15, 0.2) is 47.8 Å². The fourth-order valence-electron chi connectivity index (χ4n) is 3.14. The van der Waals surface area contributed by atoms with Crippen LogP contribution in [0.2, 0.25) is 0 Å². The number of amides is 1. The molecule has 1 aliphatic heterocycles. The number of anilines is 1. The number of thiophene rings is 1. The smallest absolute Gasteiger partial charge is 0.225 e. The van der Waals surface area contributed by atoms with Gasteiger partial charge in [-0.3, -0.25) is 4.79 Å². The molecule has 6 heteroatoms. The standard InChI is InChI=1S/C19H12F3NOS/c20-12-3-1-2-10(4-12)16-9-25-19-15(8-17(24)23-18(16)19)11-5-13(21)7-14(22)6-11/h1-7,9,15H,8H2,(H,23,24). The maximum atomic E-state index is 13.6.